The fraction of sp³-hybridized carbons (Fsp3) is 0.733. The predicted molar refractivity (Wildman–Crippen MR) is 86.1 cm³/mol. The van der Waals surface area contributed by atoms with Gasteiger partial charge in [0, 0.05) is 12.5 Å². The van der Waals surface area contributed by atoms with Gasteiger partial charge in [0.15, 0.2) is 5.78 Å². The summed E-state index contributed by atoms with van der Waals surface area (Å²) in [6.45, 7) is 5.87. The van der Waals surface area contributed by atoms with Crippen molar-refractivity contribution in [3.63, 3.8) is 0 Å². The van der Waals surface area contributed by atoms with Gasteiger partial charge in [0.05, 0.1) is 17.2 Å². The van der Waals surface area contributed by atoms with Crippen LogP contribution < -0.4 is 0 Å². The molecule has 0 aliphatic heterocycles. The number of hydrogen-bond donors (Lipinski definition) is 0. The van der Waals surface area contributed by atoms with Gasteiger partial charge in [-0.25, -0.2) is 0 Å². The average molecular weight is 344 g/mol. The molecule has 0 aliphatic carbocycles. The molecule has 1 unspecified atom stereocenters. The minimum absolute atomic E-state index is 0.112. The molecule has 0 fully saturated rings. The first kappa shape index (κ1) is 17.4. The van der Waals surface area contributed by atoms with E-state index in [1.807, 2.05) is 18.8 Å². The van der Waals surface area contributed by atoms with Gasteiger partial charge >= 0.3 is 0 Å². The second kappa shape index (κ2) is 8.57. The Morgan fingerprint density at radius 1 is 1.45 bits per heavy atom. The molecule has 1 aromatic heterocycles. The maximum Gasteiger partial charge on any atom is 0.185 e. The Balaban J connectivity index is 2.87. The number of aromatic nitrogens is 2. The lowest BCUT2D eigenvalue weighted by molar-refractivity contribution is 0.0895. The Hall–Kier alpha value is -0.680. The summed E-state index contributed by atoms with van der Waals surface area (Å²) in [5.41, 5.74) is 0.731. The molecule has 114 valence electrons. The van der Waals surface area contributed by atoms with E-state index in [0.717, 1.165) is 48.9 Å². The van der Waals surface area contributed by atoms with Crippen molar-refractivity contribution in [1.29, 1.82) is 0 Å². The van der Waals surface area contributed by atoms with E-state index >= 15 is 0 Å². The zero-order valence-corrected chi connectivity index (χ0v) is 14.6. The summed E-state index contributed by atoms with van der Waals surface area (Å²) in [5, 5.41) is 4.33. The van der Waals surface area contributed by atoms with E-state index in [-0.39, 0.29) is 11.7 Å². The molecule has 0 spiro atoms. The number of carbonyl (C=O) groups is 1. The van der Waals surface area contributed by atoms with Crippen LogP contribution in [0.1, 0.15) is 50.0 Å². The summed E-state index contributed by atoms with van der Waals surface area (Å²) in [5.74, 6) is 0.338. The lowest BCUT2D eigenvalue weighted by Gasteiger charge is -2.16. The zero-order chi connectivity index (χ0) is 15.1. The molecule has 0 aliphatic rings. The Labute approximate surface area is 130 Å². The highest BCUT2D eigenvalue weighted by atomic mass is 79.9. The van der Waals surface area contributed by atoms with E-state index in [2.05, 4.69) is 39.8 Å². The molecule has 0 N–H and O–H groups in total. The van der Waals surface area contributed by atoms with Crippen LogP contribution >= 0.6 is 15.9 Å². The third kappa shape index (κ3) is 4.70. The van der Waals surface area contributed by atoms with E-state index in [0.29, 0.717) is 0 Å². The van der Waals surface area contributed by atoms with Gasteiger partial charge in [-0.15, -0.1) is 0 Å². The highest BCUT2D eigenvalue weighted by Crippen LogP contribution is 2.24. The summed E-state index contributed by atoms with van der Waals surface area (Å²) >= 11 is 3.47. The molecule has 1 rings (SSSR count). The Morgan fingerprint density at radius 2 is 2.15 bits per heavy atom. The van der Waals surface area contributed by atoms with Crippen molar-refractivity contribution in [3.8, 4) is 0 Å². The van der Waals surface area contributed by atoms with Crippen LogP contribution in [-0.4, -0.2) is 41.1 Å². The fourth-order valence-electron chi connectivity index (χ4n) is 2.24. The van der Waals surface area contributed by atoms with E-state index in [1.165, 1.54) is 0 Å². The highest BCUT2D eigenvalue weighted by molar-refractivity contribution is 9.10. The quantitative estimate of drug-likeness (QED) is 0.643. The smallest absolute Gasteiger partial charge is 0.185 e. The van der Waals surface area contributed by atoms with Crippen molar-refractivity contribution in [2.45, 2.75) is 46.1 Å². The molecule has 0 radical (unpaired) electrons. The summed E-state index contributed by atoms with van der Waals surface area (Å²) in [6.07, 6.45) is 5.83. The SMILES string of the molecule is CCCCC(CC)C(=O)c1c(Br)cnn1CCN(C)C. The zero-order valence-electron chi connectivity index (χ0n) is 13.0. The first-order chi connectivity index (χ1) is 9.51. The minimum Gasteiger partial charge on any atom is -0.308 e. The molecule has 0 aromatic carbocycles. The molecule has 0 saturated heterocycles. The third-order valence-electron chi connectivity index (χ3n) is 3.56. The second-order valence-corrected chi connectivity index (χ2v) is 6.33. The predicted octanol–water partition coefficient (Wildman–Crippen LogP) is 3.61. The maximum absolute atomic E-state index is 12.7. The topological polar surface area (TPSA) is 38.1 Å². The molecule has 0 bridgehead atoms. The number of carbonyl (C=O) groups excluding carboxylic acids is 1. The van der Waals surface area contributed by atoms with Gasteiger partial charge in [-0.2, -0.15) is 5.10 Å². The molecule has 1 atom stereocenters. The van der Waals surface area contributed by atoms with Crippen LogP contribution in [0.15, 0.2) is 10.7 Å². The Kier molecular flexibility index (Phi) is 7.45. The summed E-state index contributed by atoms with van der Waals surface area (Å²) in [6, 6.07) is 0. The van der Waals surface area contributed by atoms with Gasteiger partial charge in [0.2, 0.25) is 0 Å². The number of nitrogens with zero attached hydrogens (tertiary/aromatic N) is 3. The van der Waals surface area contributed by atoms with E-state index < -0.39 is 0 Å². The van der Waals surface area contributed by atoms with Gasteiger partial charge in [0.25, 0.3) is 0 Å². The van der Waals surface area contributed by atoms with Crippen LogP contribution in [0.3, 0.4) is 0 Å². The highest BCUT2D eigenvalue weighted by Gasteiger charge is 2.24. The van der Waals surface area contributed by atoms with Gasteiger partial charge in [-0.1, -0.05) is 26.7 Å². The second-order valence-electron chi connectivity index (χ2n) is 5.48. The Bertz CT molecular complexity index is 429. The largest absolute Gasteiger partial charge is 0.308 e. The number of unbranched alkanes of at least 4 members (excludes halogenated alkanes) is 1. The molecule has 0 saturated carbocycles. The van der Waals surface area contributed by atoms with Crippen molar-refractivity contribution in [1.82, 2.24) is 14.7 Å². The molecular weight excluding hydrogens is 318 g/mol. The molecule has 0 amide bonds. The van der Waals surface area contributed by atoms with Crippen LogP contribution in [0, 0.1) is 5.92 Å². The monoisotopic (exact) mass is 343 g/mol. The van der Waals surface area contributed by atoms with Crippen molar-refractivity contribution in [2.24, 2.45) is 5.92 Å². The van der Waals surface area contributed by atoms with Crippen LogP contribution in [0.2, 0.25) is 0 Å². The van der Waals surface area contributed by atoms with Crippen LogP contribution in [0.4, 0.5) is 0 Å². The lowest BCUT2D eigenvalue weighted by atomic mass is 9.93. The van der Waals surface area contributed by atoms with Crippen molar-refractivity contribution >= 4 is 21.7 Å². The van der Waals surface area contributed by atoms with E-state index in [9.17, 15) is 4.79 Å². The molecule has 4 nitrogen and oxygen atoms in total. The van der Waals surface area contributed by atoms with Crippen molar-refractivity contribution in [3.05, 3.63) is 16.4 Å². The first-order valence-corrected chi connectivity index (χ1v) is 8.20. The first-order valence-electron chi connectivity index (χ1n) is 7.41. The number of halogens is 1. The van der Waals surface area contributed by atoms with Gasteiger partial charge in [-0.3, -0.25) is 9.48 Å². The fourth-order valence-corrected chi connectivity index (χ4v) is 2.73. The number of ketones is 1. The summed E-state index contributed by atoms with van der Waals surface area (Å²) in [7, 11) is 4.05. The lowest BCUT2D eigenvalue weighted by Crippen LogP contribution is -2.24. The number of hydrogen-bond acceptors (Lipinski definition) is 3. The minimum atomic E-state index is 0.112. The number of likely N-dealkylation sites (N-methyl/N-ethyl adjacent to an activating group) is 1. The number of rotatable bonds is 9. The molecule has 1 heterocycles. The van der Waals surface area contributed by atoms with Gasteiger partial charge in [-0.05, 0) is 42.9 Å². The molecule has 1 aromatic rings. The van der Waals surface area contributed by atoms with Crippen LogP contribution in [-0.2, 0) is 6.54 Å². The molecular formula is C15H26BrN3O. The molecule has 5 heteroatoms. The number of Topliss-reactive ketones (excluding diaryl/α,β-unsaturated/α-hetero) is 1. The average Bonchev–Trinajstić information content (AvgIpc) is 2.78. The third-order valence-corrected chi connectivity index (χ3v) is 4.14. The van der Waals surface area contributed by atoms with Crippen LogP contribution in [0.25, 0.3) is 0 Å². The van der Waals surface area contributed by atoms with Crippen molar-refractivity contribution < 1.29 is 4.79 Å². The maximum atomic E-state index is 12.7. The standard InChI is InChI=1S/C15H26BrN3O/c1-5-7-8-12(6-2)15(20)14-13(16)11-17-19(14)10-9-18(3)4/h11-12H,5-10H2,1-4H3. The van der Waals surface area contributed by atoms with Crippen molar-refractivity contribution in [2.75, 3.05) is 20.6 Å². The molecule has 20 heavy (non-hydrogen) atoms. The van der Waals surface area contributed by atoms with Gasteiger partial charge in [0.1, 0.15) is 5.69 Å². The Morgan fingerprint density at radius 3 is 2.70 bits per heavy atom. The summed E-state index contributed by atoms with van der Waals surface area (Å²) < 4.78 is 2.65. The summed E-state index contributed by atoms with van der Waals surface area (Å²) in [4.78, 5) is 14.8. The normalized spacial score (nSPS) is 12.9. The van der Waals surface area contributed by atoms with Crippen LogP contribution in [0.5, 0.6) is 0 Å². The van der Waals surface area contributed by atoms with E-state index in [4.69, 9.17) is 0 Å². The van der Waals surface area contributed by atoms with E-state index in [1.54, 1.807) is 6.20 Å². The van der Waals surface area contributed by atoms with Gasteiger partial charge < -0.3 is 4.90 Å².